The van der Waals surface area contributed by atoms with Gasteiger partial charge in [0, 0.05) is 17.3 Å². The lowest BCUT2D eigenvalue weighted by Crippen LogP contribution is -2.12. The molecular formula is C12H17NO2S. The van der Waals surface area contributed by atoms with Crippen molar-refractivity contribution in [1.29, 1.82) is 0 Å². The number of amides is 1. The van der Waals surface area contributed by atoms with Gasteiger partial charge in [-0.25, -0.2) is 0 Å². The smallest absolute Gasteiger partial charge is 0.249 e. The fourth-order valence-corrected chi connectivity index (χ4v) is 2.17. The normalized spacial score (nSPS) is 10.3. The molecule has 2 N–H and O–H groups in total. The molecule has 0 fully saturated rings. The summed E-state index contributed by atoms with van der Waals surface area (Å²) >= 11 is 1.60. The first-order valence-corrected chi connectivity index (χ1v) is 6.33. The van der Waals surface area contributed by atoms with E-state index in [-0.39, 0.29) is 5.91 Å². The number of hydrogen-bond donors (Lipinski definition) is 1. The first-order valence-electron chi connectivity index (χ1n) is 5.35. The van der Waals surface area contributed by atoms with E-state index in [0.717, 1.165) is 23.7 Å². The number of primary amides is 1. The number of rotatable bonds is 7. The van der Waals surface area contributed by atoms with Crippen LogP contribution in [0, 0.1) is 0 Å². The molecule has 0 aromatic heterocycles. The van der Waals surface area contributed by atoms with Crippen LogP contribution in [0.25, 0.3) is 0 Å². The Bertz CT molecular complexity index is 342. The summed E-state index contributed by atoms with van der Waals surface area (Å²) in [5.41, 5.74) is 5.87. The molecule has 0 aliphatic carbocycles. The Hall–Kier alpha value is -1.00. The maximum atomic E-state index is 11.1. The summed E-state index contributed by atoms with van der Waals surface area (Å²) in [6.07, 6.45) is 1.03. The van der Waals surface area contributed by atoms with E-state index in [9.17, 15) is 4.79 Å². The molecule has 0 radical (unpaired) electrons. The molecule has 88 valence electrons. The van der Waals surface area contributed by atoms with Crippen LogP contribution in [0.4, 0.5) is 0 Å². The van der Waals surface area contributed by atoms with Crippen LogP contribution in [0.1, 0.15) is 23.7 Å². The van der Waals surface area contributed by atoms with Crippen molar-refractivity contribution in [2.45, 2.75) is 18.2 Å². The third-order valence-electron chi connectivity index (χ3n) is 1.99. The lowest BCUT2D eigenvalue weighted by Gasteiger charge is -2.06. The molecule has 1 aromatic carbocycles. The highest BCUT2D eigenvalue weighted by Crippen LogP contribution is 2.21. The Balaban J connectivity index is 2.44. The van der Waals surface area contributed by atoms with Gasteiger partial charge in [0.15, 0.2) is 0 Å². The molecule has 16 heavy (non-hydrogen) atoms. The average Bonchev–Trinajstić information content (AvgIpc) is 2.29. The van der Waals surface area contributed by atoms with E-state index in [2.05, 4.69) is 6.92 Å². The number of carbonyl (C=O) groups excluding carboxylic acids is 1. The van der Waals surface area contributed by atoms with Crippen molar-refractivity contribution in [2.75, 3.05) is 19.0 Å². The molecule has 1 rings (SSSR count). The van der Waals surface area contributed by atoms with Crippen LogP contribution in [0.15, 0.2) is 29.2 Å². The van der Waals surface area contributed by atoms with Gasteiger partial charge in [-0.05, 0) is 18.6 Å². The first kappa shape index (κ1) is 13.1. The van der Waals surface area contributed by atoms with Gasteiger partial charge in [-0.3, -0.25) is 4.79 Å². The molecule has 0 aliphatic rings. The molecule has 0 saturated carbocycles. The zero-order valence-electron chi connectivity index (χ0n) is 9.44. The minimum absolute atomic E-state index is 0.377. The van der Waals surface area contributed by atoms with Gasteiger partial charge in [0.2, 0.25) is 5.91 Å². The summed E-state index contributed by atoms with van der Waals surface area (Å²) in [4.78, 5) is 12.1. The monoisotopic (exact) mass is 239 g/mol. The summed E-state index contributed by atoms with van der Waals surface area (Å²) in [6, 6.07) is 7.38. The first-order chi connectivity index (χ1) is 7.75. The van der Waals surface area contributed by atoms with E-state index in [1.165, 1.54) is 0 Å². The van der Waals surface area contributed by atoms with Gasteiger partial charge in [0.05, 0.1) is 12.2 Å². The fraction of sp³-hybridized carbons (Fsp3) is 0.417. The van der Waals surface area contributed by atoms with Crippen molar-refractivity contribution < 1.29 is 9.53 Å². The predicted molar refractivity (Wildman–Crippen MR) is 66.8 cm³/mol. The van der Waals surface area contributed by atoms with Gasteiger partial charge < -0.3 is 10.5 Å². The summed E-state index contributed by atoms with van der Waals surface area (Å²) in [5, 5.41) is 0. The quantitative estimate of drug-likeness (QED) is 0.587. The molecule has 0 atom stereocenters. The van der Waals surface area contributed by atoms with Gasteiger partial charge >= 0.3 is 0 Å². The van der Waals surface area contributed by atoms with Crippen LogP contribution in [0.3, 0.4) is 0 Å². The van der Waals surface area contributed by atoms with Crippen LogP contribution in [0.2, 0.25) is 0 Å². The van der Waals surface area contributed by atoms with Gasteiger partial charge in [0.1, 0.15) is 0 Å². The summed E-state index contributed by atoms with van der Waals surface area (Å²) in [7, 11) is 0. The summed E-state index contributed by atoms with van der Waals surface area (Å²) < 4.78 is 5.37. The highest BCUT2D eigenvalue weighted by Gasteiger charge is 2.06. The van der Waals surface area contributed by atoms with Crippen LogP contribution in [0.5, 0.6) is 0 Å². The third kappa shape index (κ3) is 4.24. The third-order valence-corrected chi connectivity index (χ3v) is 3.02. The van der Waals surface area contributed by atoms with Gasteiger partial charge in [0.25, 0.3) is 0 Å². The summed E-state index contributed by atoms with van der Waals surface area (Å²) in [6.45, 7) is 3.57. The Morgan fingerprint density at radius 1 is 1.38 bits per heavy atom. The maximum absolute atomic E-state index is 11.1. The second kappa shape index (κ2) is 7.30. The largest absolute Gasteiger partial charge is 0.381 e. The maximum Gasteiger partial charge on any atom is 0.249 e. The Morgan fingerprint density at radius 3 is 2.81 bits per heavy atom. The minimum Gasteiger partial charge on any atom is -0.381 e. The molecular weight excluding hydrogens is 222 g/mol. The van der Waals surface area contributed by atoms with Crippen molar-refractivity contribution in [2.24, 2.45) is 5.73 Å². The molecule has 0 saturated heterocycles. The van der Waals surface area contributed by atoms with E-state index in [4.69, 9.17) is 10.5 Å². The molecule has 0 bridgehead atoms. The Morgan fingerprint density at radius 2 is 2.12 bits per heavy atom. The molecule has 0 heterocycles. The van der Waals surface area contributed by atoms with Crippen LogP contribution in [-0.2, 0) is 4.74 Å². The SMILES string of the molecule is CCCOCCSc1ccccc1C(N)=O. The number of ether oxygens (including phenoxy) is 1. The van der Waals surface area contributed by atoms with Gasteiger partial charge in [-0.1, -0.05) is 19.1 Å². The predicted octanol–water partition coefficient (Wildman–Crippen LogP) is 2.30. The minimum atomic E-state index is -0.377. The number of nitrogens with two attached hydrogens (primary N) is 1. The molecule has 0 unspecified atom stereocenters. The lowest BCUT2D eigenvalue weighted by atomic mass is 10.2. The highest BCUT2D eigenvalue weighted by atomic mass is 32.2. The average molecular weight is 239 g/mol. The van der Waals surface area contributed by atoms with Crippen molar-refractivity contribution in [1.82, 2.24) is 0 Å². The molecule has 0 spiro atoms. The highest BCUT2D eigenvalue weighted by molar-refractivity contribution is 7.99. The Kier molecular flexibility index (Phi) is 5.96. The molecule has 4 heteroatoms. The van der Waals surface area contributed by atoms with Crippen molar-refractivity contribution in [3.05, 3.63) is 29.8 Å². The number of thioether (sulfide) groups is 1. The van der Waals surface area contributed by atoms with E-state index in [1.807, 2.05) is 18.2 Å². The van der Waals surface area contributed by atoms with Gasteiger partial charge in [-0.2, -0.15) is 0 Å². The standard InChI is InChI=1S/C12H17NO2S/c1-2-7-15-8-9-16-11-6-4-3-5-10(11)12(13)14/h3-6H,2,7-9H2,1H3,(H2,13,14). The van der Waals surface area contributed by atoms with E-state index in [0.29, 0.717) is 12.2 Å². The van der Waals surface area contributed by atoms with E-state index < -0.39 is 0 Å². The van der Waals surface area contributed by atoms with Gasteiger partial charge in [-0.15, -0.1) is 11.8 Å². The van der Waals surface area contributed by atoms with Crippen LogP contribution < -0.4 is 5.73 Å². The number of benzene rings is 1. The van der Waals surface area contributed by atoms with Crippen LogP contribution >= 0.6 is 11.8 Å². The number of hydrogen-bond acceptors (Lipinski definition) is 3. The second-order valence-corrected chi connectivity index (χ2v) is 4.46. The molecule has 3 nitrogen and oxygen atoms in total. The molecule has 1 amide bonds. The van der Waals surface area contributed by atoms with Crippen molar-refractivity contribution in [3.8, 4) is 0 Å². The Labute approximate surface area is 100 Å². The molecule has 0 aliphatic heterocycles. The van der Waals surface area contributed by atoms with E-state index >= 15 is 0 Å². The zero-order chi connectivity index (χ0) is 11.8. The van der Waals surface area contributed by atoms with Crippen molar-refractivity contribution in [3.63, 3.8) is 0 Å². The summed E-state index contributed by atoms with van der Waals surface area (Å²) in [5.74, 6) is 0.460. The van der Waals surface area contributed by atoms with Crippen LogP contribution in [-0.4, -0.2) is 24.9 Å². The van der Waals surface area contributed by atoms with E-state index in [1.54, 1.807) is 17.8 Å². The molecule has 1 aromatic rings. The van der Waals surface area contributed by atoms with Crippen molar-refractivity contribution >= 4 is 17.7 Å². The zero-order valence-corrected chi connectivity index (χ0v) is 10.3. The number of carbonyl (C=O) groups is 1. The lowest BCUT2D eigenvalue weighted by molar-refractivity contribution is 0.0997. The second-order valence-electron chi connectivity index (χ2n) is 3.32. The topological polar surface area (TPSA) is 52.3 Å². The fourth-order valence-electron chi connectivity index (χ4n) is 1.25.